The van der Waals surface area contributed by atoms with Crippen molar-refractivity contribution in [3.05, 3.63) is 34.3 Å². The van der Waals surface area contributed by atoms with Crippen molar-refractivity contribution in [2.75, 3.05) is 0 Å². The van der Waals surface area contributed by atoms with E-state index in [-0.39, 0.29) is 5.56 Å². The maximum Gasteiger partial charge on any atom is 0.276 e. The molecule has 7 heteroatoms. The van der Waals surface area contributed by atoms with E-state index in [2.05, 4.69) is 25.0 Å². The van der Waals surface area contributed by atoms with Crippen LogP contribution in [-0.4, -0.2) is 29.7 Å². The molecule has 7 nitrogen and oxygen atoms in total. The zero-order chi connectivity index (χ0) is 13.5. The lowest BCUT2D eigenvalue weighted by Gasteiger charge is -2.01. The minimum atomic E-state index is -0.00324. The van der Waals surface area contributed by atoms with E-state index < -0.39 is 0 Å². The number of nitrogens with zero attached hydrogens (tertiary/aromatic N) is 4. The van der Waals surface area contributed by atoms with E-state index in [9.17, 15) is 4.79 Å². The van der Waals surface area contributed by atoms with Crippen molar-refractivity contribution in [2.24, 2.45) is 0 Å². The van der Waals surface area contributed by atoms with Crippen LogP contribution in [0.2, 0.25) is 0 Å². The Balaban J connectivity index is 1.95. The van der Waals surface area contributed by atoms with Crippen molar-refractivity contribution in [1.29, 1.82) is 0 Å². The quantitative estimate of drug-likeness (QED) is 0.648. The number of aryl methyl sites for hydroxylation is 1. The van der Waals surface area contributed by atoms with Crippen LogP contribution in [0.4, 0.5) is 0 Å². The normalized spacial score (nSPS) is 15.2. The number of aromatic nitrogens is 6. The molecule has 0 aliphatic heterocycles. The molecule has 3 aromatic rings. The second kappa shape index (κ2) is 4.29. The summed E-state index contributed by atoms with van der Waals surface area (Å²) >= 11 is 0. The molecular weight excluding hydrogens is 256 g/mol. The number of hydrogen-bond donors (Lipinski definition) is 2. The molecule has 1 aliphatic rings. The Kier molecular flexibility index (Phi) is 2.45. The zero-order valence-electron chi connectivity index (χ0n) is 10.9. The van der Waals surface area contributed by atoms with Gasteiger partial charge in [0.15, 0.2) is 11.5 Å². The Morgan fingerprint density at radius 2 is 2.00 bits per heavy atom. The molecule has 0 fully saturated rings. The van der Waals surface area contributed by atoms with Gasteiger partial charge >= 0.3 is 0 Å². The highest BCUT2D eigenvalue weighted by molar-refractivity contribution is 5.77. The molecule has 2 N–H and O–H groups in total. The van der Waals surface area contributed by atoms with Crippen LogP contribution >= 0.6 is 0 Å². The first-order valence-electron chi connectivity index (χ1n) is 6.82. The molecule has 1 aliphatic carbocycles. The van der Waals surface area contributed by atoms with Crippen LogP contribution in [0.15, 0.2) is 17.4 Å². The van der Waals surface area contributed by atoms with Crippen LogP contribution in [0.25, 0.3) is 17.0 Å². The average molecular weight is 270 g/mol. The van der Waals surface area contributed by atoms with Gasteiger partial charge in [-0.15, -0.1) is 0 Å². The predicted octanol–water partition coefficient (Wildman–Crippen LogP) is 1.10. The van der Waals surface area contributed by atoms with Gasteiger partial charge in [0, 0.05) is 11.3 Å². The summed E-state index contributed by atoms with van der Waals surface area (Å²) < 4.78 is 1.51. The fourth-order valence-electron chi connectivity index (χ4n) is 2.83. The van der Waals surface area contributed by atoms with Gasteiger partial charge in [-0.25, -0.2) is 15.0 Å². The summed E-state index contributed by atoms with van der Waals surface area (Å²) in [4.78, 5) is 28.0. The van der Waals surface area contributed by atoms with E-state index in [0.29, 0.717) is 17.0 Å². The molecule has 0 unspecified atom stereocenters. The Bertz CT molecular complexity index is 827. The maximum absolute atomic E-state index is 12.6. The lowest BCUT2D eigenvalue weighted by Crippen LogP contribution is -2.19. The summed E-state index contributed by atoms with van der Waals surface area (Å²) in [7, 11) is 0. The molecule has 0 aromatic carbocycles. The van der Waals surface area contributed by atoms with Gasteiger partial charge < -0.3 is 4.98 Å². The summed E-state index contributed by atoms with van der Waals surface area (Å²) in [5.74, 6) is 0.533. The molecular formula is C13H14N6O. The van der Waals surface area contributed by atoms with Gasteiger partial charge in [-0.3, -0.25) is 9.89 Å². The van der Waals surface area contributed by atoms with Gasteiger partial charge in [-0.05, 0) is 25.7 Å². The topological polar surface area (TPSA) is 92.2 Å². The molecule has 0 saturated heterocycles. The average Bonchev–Trinajstić information content (AvgIpc) is 2.97. The Morgan fingerprint density at radius 3 is 2.95 bits per heavy atom. The van der Waals surface area contributed by atoms with Crippen LogP contribution in [-0.2, 0) is 12.8 Å². The largest absolute Gasteiger partial charge is 0.340 e. The summed E-state index contributed by atoms with van der Waals surface area (Å²) in [6, 6.07) is 0. The van der Waals surface area contributed by atoms with E-state index in [0.717, 1.165) is 36.9 Å². The van der Waals surface area contributed by atoms with Crippen molar-refractivity contribution in [2.45, 2.75) is 32.1 Å². The molecule has 3 aromatic heterocycles. The van der Waals surface area contributed by atoms with E-state index in [4.69, 9.17) is 0 Å². The monoisotopic (exact) mass is 270 g/mol. The van der Waals surface area contributed by atoms with E-state index in [1.54, 1.807) is 6.33 Å². The standard InChI is InChI=1S/C13H14N6O/c20-13-8-4-2-1-3-5-9(8)18-19(13)12-10-11(15-6-14-10)16-7-17-12/h6-7,18H,1-5H2,(H,14,15,16,17). The molecule has 0 bridgehead atoms. The van der Waals surface area contributed by atoms with Crippen LogP contribution < -0.4 is 5.56 Å². The van der Waals surface area contributed by atoms with Crippen LogP contribution in [0.5, 0.6) is 0 Å². The maximum atomic E-state index is 12.6. The van der Waals surface area contributed by atoms with E-state index in [1.165, 1.54) is 17.4 Å². The van der Waals surface area contributed by atoms with Crippen molar-refractivity contribution >= 4 is 11.2 Å². The van der Waals surface area contributed by atoms with E-state index >= 15 is 0 Å². The number of nitrogens with one attached hydrogen (secondary N) is 2. The van der Waals surface area contributed by atoms with Gasteiger partial charge in [0.2, 0.25) is 0 Å². The first-order valence-corrected chi connectivity index (χ1v) is 6.82. The van der Waals surface area contributed by atoms with E-state index in [1.807, 2.05) is 0 Å². The second-order valence-corrected chi connectivity index (χ2v) is 5.07. The van der Waals surface area contributed by atoms with Gasteiger partial charge in [-0.1, -0.05) is 6.42 Å². The molecule has 3 heterocycles. The van der Waals surface area contributed by atoms with Crippen LogP contribution in [0, 0.1) is 0 Å². The Labute approximate surface area is 114 Å². The fraction of sp³-hybridized carbons (Fsp3) is 0.385. The number of H-pyrrole nitrogens is 2. The van der Waals surface area contributed by atoms with Gasteiger partial charge in [0.1, 0.15) is 11.8 Å². The molecule has 0 atom stereocenters. The SMILES string of the molecule is O=c1c2c([nH]n1-c1ncnc3nc[nH]c13)CCCCC2. The van der Waals surface area contributed by atoms with Crippen molar-refractivity contribution < 1.29 is 0 Å². The third-order valence-corrected chi connectivity index (χ3v) is 3.84. The third kappa shape index (κ3) is 1.59. The Morgan fingerprint density at radius 1 is 1.10 bits per heavy atom. The summed E-state index contributed by atoms with van der Waals surface area (Å²) in [5.41, 5.74) is 3.17. The molecule has 0 saturated carbocycles. The zero-order valence-corrected chi connectivity index (χ0v) is 10.9. The minimum absolute atomic E-state index is 0.00324. The van der Waals surface area contributed by atoms with Gasteiger partial charge in [0.25, 0.3) is 5.56 Å². The molecule has 0 spiro atoms. The van der Waals surface area contributed by atoms with Crippen molar-refractivity contribution in [3.63, 3.8) is 0 Å². The third-order valence-electron chi connectivity index (χ3n) is 3.84. The molecule has 0 amide bonds. The molecule has 0 radical (unpaired) electrons. The van der Waals surface area contributed by atoms with Crippen LogP contribution in [0.3, 0.4) is 0 Å². The predicted molar refractivity (Wildman–Crippen MR) is 72.9 cm³/mol. The molecule has 102 valence electrons. The van der Waals surface area contributed by atoms with Crippen LogP contribution in [0.1, 0.15) is 30.5 Å². The number of hydrogen-bond acceptors (Lipinski definition) is 4. The molecule has 20 heavy (non-hydrogen) atoms. The Hall–Kier alpha value is -2.44. The second-order valence-electron chi connectivity index (χ2n) is 5.07. The van der Waals surface area contributed by atoms with Crippen molar-refractivity contribution in [3.8, 4) is 5.82 Å². The number of aromatic amines is 2. The van der Waals surface area contributed by atoms with Gasteiger partial charge in [-0.2, -0.15) is 4.68 Å². The summed E-state index contributed by atoms with van der Waals surface area (Å²) in [6.45, 7) is 0. The highest BCUT2D eigenvalue weighted by atomic mass is 16.1. The fourth-order valence-corrected chi connectivity index (χ4v) is 2.83. The smallest absolute Gasteiger partial charge is 0.276 e. The highest BCUT2D eigenvalue weighted by Gasteiger charge is 2.19. The first kappa shape index (κ1) is 11.4. The lowest BCUT2D eigenvalue weighted by molar-refractivity contribution is 0.687. The molecule has 4 rings (SSSR count). The van der Waals surface area contributed by atoms with Crippen molar-refractivity contribution in [1.82, 2.24) is 29.7 Å². The van der Waals surface area contributed by atoms with Gasteiger partial charge in [0.05, 0.1) is 6.33 Å². The summed E-state index contributed by atoms with van der Waals surface area (Å²) in [5, 5.41) is 3.21. The number of imidazole rings is 1. The highest BCUT2D eigenvalue weighted by Crippen LogP contribution is 2.18. The number of fused-ring (bicyclic) bond motifs is 2. The minimum Gasteiger partial charge on any atom is -0.340 e. The first-order chi connectivity index (χ1) is 9.84. The summed E-state index contributed by atoms with van der Waals surface area (Å²) in [6.07, 6.45) is 8.13. The number of rotatable bonds is 1. The lowest BCUT2D eigenvalue weighted by atomic mass is 10.1.